The maximum atomic E-state index is 13.0. The molecular formula is C16H15BrN4O3. The molecule has 3 atom stereocenters. The van der Waals surface area contributed by atoms with Crippen LogP contribution in [0, 0.1) is 5.92 Å². The van der Waals surface area contributed by atoms with Crippen LogP contribution in [0.1, 0.15) is 12.8 Å². The van der Waals surface area contributed by atoms with Gasteiger partial charge in [0.05, 0.1) is 0 Å². The van der Waals surface area contributed by atoms with Gasteiger partial charge in [-0.05, 0) is 59.0 Å². The van der Waals surface area contributed by atoms with Crippen LogP contribution in [0.2, 0.25) is 0 Å². The van der Waals surface area contributed by atoms with Crippen LogP contribution >= 0.6 is 15.9 Å². The summed E-state index contributed by atoms with van der Waals surface area (Å²) in [6.07, 6.45) is 6.23. The average Bonchev–Trinajstić information content (AvgIpc) is 3.21. The normalized spacial score (nSPS) is 29.8. The van der Waals surface area contributed by atoms with Crippen molar-refractivity contribution in [1.82, 2.24) is 15.8 Å². The third-order valence-electron chi connectivity index (χ3n) is 4.46. The number of amides is 1. The van der Waals surface area contributed by atoms with Crippen LogP contribution in [0.25, 0.3) is 0 Å². The maximum absolute atomic E-state index is 13.0. The minimum absolute atomic E-state index is 0.114. The number of hydrogen-bond donors (Lipinski definition) is 3. The number of hydroxylamine groups is 1. The number of anilines is 1. The second-order valence-electron chi connectivity index (χ2n) is 6.09. The van der Waals surface area contributed by atoms with Crippen molar-refractivity contribution in [3.8, 4) is 0 Å². The number of aromatic nitrogens is 1. The largest absolute Gasteiger partial charge is 0.379 e. The Hall–Kier alpha value is -2.19. The number of halogens is 1. The van der Waals surface area contributed by atoms with E-state index in [1.54, 1.807) is 36.6 Å². The van der Waals surface area contributed by atoms with Gasteiger partial charge in [-0.2, -0.15) is 0 Å². The molecule has 1 saturated heterocycles. The van der Waals surface area contributed by atoms with Crippen LogP contribution in [0.4, 0.5) is 5.82 Å². The summed E-state index contributed by atoms with van der Waals surface area (Å²) >= 11 is 3.27. The number of ketones is 1. The monoisotopic (exact) mass is 390 g/mol. The van der Waals surface area contributed by atoms with E-state index < -0.39 is 11.4 Å². The number of hydrogen-bond acceptors (Lipinski definition) is 6. The van der Waals surface area contributed by atoms with Crippen molar-refractivity contribution in [1.29, 1.82) is 0 Å². The van der Waals surface area contributed by atoms with Crippen LogP contribution in [-0.2, 0) is 14.4 Å². The van der Waals surface area contributed by atoms with Gasteiger partial charge in [0.1, 0.15) is 10.4 Å². The number of Topliss-reactive ketones (excluding diaryl/α,β-unsaturated/α-hetero) is 1. The van der Waals surface area contributed by atoms with Crippen LogP contribution in [0.5, 0.6) is 0 Å². The molecule has 0 bridgehead atoms. The molecule has 1 aliphatic carbocycles. The Morgan fingerprint density at radius 1 is 1.42 bits per heavy atom. The molecule has 8 heteroatoms. The summed E-state index contributed by atoms with van der Waals surface area (Å²) in [5.74, 6) is 0.0652. The van der Waals surface area contributed by atoms with Crippen molar-refractivity contribution < 1.29 is 14.4 Å². The fourth-order valence-corrected chi connectivity index (χ4v) is 3.52. The molecule has 1 aromatic rings. The lowest BCUT2D eigenvalue weighted by molar-refractivity contribution is -0.135. The molecule has 3 N–H and O–H groups in total. The molecule has 124 valence electrons. The van der Waals surface area contributed by atoms with E-state index in [-0.39, 0.29) is 17.6 Å². The standard InChI is InChI=1S/C16H15BrN4O3/c17-12-4-1-5-13(19-12)20-15(23)16(8-9-7-10(9)21-16)14(22)11-3-2-6-18-24-11/h1-6,9-10,18,21H,7-8H2,(H,19,20,23). The van der Waals surface area contributed by atoms with Crippen molar-refractivity contribution >= 4 is 33.4 Å². The van der Waals surface area contributed by atoms with E-state index in [0.717, 1.165) is 6.42 Å². The Kier molecular flexibility index (Phi) is 3.65. The highest BCUT2D eigenvalue weighted by Crippen LogP contribution is 2.46. The van der Waals surface area contributed by atoms with E-state index in [2.05, 4.69) is 37.0 Å². The van der Waals surface area contributed by atoms with Crippen LogP contribution in [0.15, 0.2) is 46.9 Å². The number of fused-ring (bicyclic) bond motifs is 1. The molecular weight excluding hydrogens is 376 g/mol. The van der Waals surface area contributed by atoms with Crippen LogP contribution < -0.4 is 16.1 Å². The Morgan fingerprint density at radius 2 is 2.29 bits per heavy atom. The van der Waals surface area contributed by atoms with E-state index >= 15 is 0 Å². The minimum atomic E-state index is -1.32. The lowest BCUT2D eigenvalue weighted by atomic mass is 9.87. The Morgan fingerprint density at radius 3 is 2.96 bits per heavy atom. The third-order valence-corrected chi connectivity index (χ3v) is 4.90. The maximum Gasteiger partial charge on any atom is 0.254 e. The van der Waals surface area contributed by atoms with Gasteiger partial charge in [0, 0.05) is 12.2 Å². The number of allylic oxidation sites excluding steroid dienone is 2. The van der Waals surface area contributed by atoms with Crippen molar-refractivity contribution in [2.75, 3.05) is 5.32 Å². The number of carbonyl (C=O) groups is 2. The van der Waals surface area contributed by atoms with Gasteiger partial charge >= 0.3 is 0 Å². The van der Waals surface area contributed by atoms with Gasteiger partial charge in [-0.1, -0.05) is 6.07 Å². The molecule has 1 aromatic heterocycles. The number of nitrogens with zero attached hydrogens (tertiary/aromatic N) is 1. The summed E-state index contributed by atoms with van der Waals surface area (Å²) in [5.41, 5.74) is 1.20. The molecule has 7 nitrogen and oxygen atoms in total. The summed E-state index contributed by atoms with van der Waals surface area (Å²) in [4.78, 5) is 35.3. The zero-order chi connectivity index (χ0) is 16.7. The lowest BCUT2D eigenvalue weighted by Crippen LogP contribution is -2.59. The first-order chi connectivity index (χ1) is 11.6. The average molecular weight is 391 g/mol. The molecule has 1 saturated carbocycles. The first-order valence-electron chi connectivity index (χ1n) is 7.64. The molecule has 2 aliphatic heterocycles. The molecule has 0 aromatic carbocycles. The first-order valence-corrected chi connectivity index (χ1v) is 8.43. The molecule has 4 rings (SSSR count). The predicted octanol–water partition coefficient (Wildman–Crippen LogP) is 1.40. The number of rotatable bonds is 4. The molecule has 1 amide bonds. The number of carbonyl (C=O) groups excluding carboxylic acids is 2. The Labute approximate surface area is 146 Å². The fourth-order valence-electron chi connectivity index (χ4n) is 3.18. The smallest absolute Gasteiger partial charge is 0.254 e. The Bertz CT molecular complexity index is 766. The van der Waals surface area contributed by atoms with Gasteiger partial charge in [0.2, 0.25) is 5.78 Å². The summed E-state index contributed by atoms with van der Waals surface area (Å²) in [6.45, 7) is 0. The number of piperidine rings is 1. The van der Waals surface area contributed by atoms with Gasteiger partial charge < -0.3 is 10.2 Å². The summed E-state index contributed by atoms with van der Waals surface area (Å²) in [6, 6.07) is 5.42. The summed E-state index contributed by atoms with van der Waals surface area (Å²) < 4.78 is 0.607. The van der Waals surface area contributed by atoms with Gasteiger partial charge in [-0.15, -0.1) is 0 Å². The summed E-state index contributed by atoms with van der Waals surface area (Å²) in [7, 11) is 0. The predicted molar refractivity (Wildman–Crippen MR) is 89.4 cm³/mol. The SMILES string of the molecule is O=C(Nc1cccc(Br)n1)C1(C(=O)C2=CC=CNO2)CC2CC2N1. The molecule has 0 spiro atoms. The van der Waals surface area contributed by atoms with Crippen LogP contribution in [0.3, 0.4) is 0 Å². The molecule has 3 unspecified atom stereocenters. The zero-order valence-corrected chi connectivity index (χ0v) is 14.2. The molecule has 2 fully saturated rings. The molecule has 24 heavy (non-hydrogen) atoms. The fraction of sp³-hybridized carbons (Fsp3) is 0.312. The topological polar surface area (TPSA) is 92.4 Å². The van der Waals surface area contributed by atoms with Crippen molar-refractivity contribution in [3.05, 3.63) is 46.9 Å². The first kappa shape index (κ1) is 15.3. The molecule has 3 heterocycles. The minimum Gasteiger partial charge on any atom is -0.379 e. The van der Waals surface area contributed by atoms with Gasteiger partial charge in [0.15, 0.2) is 11.3 Å². The molecule has 3 aliphatic rings. The van der Waals surface area contributed by atoms with Crippen molar-refractivity contribution in [2.24, 2.45) is 5.92 Å². The molecule has 0 radical (unpaired) electrons. The zero-order valence-electron chi connectivity index (χ0n) is 12.6. The van der Waals surface area contributed by atoms with Gasteiger partial charge in [-0.3, -0.25) is 14.9 Å². The second-order valence-corrected chi connectivity index (χ2v) is 6.91. The van der Waals surface area contributed by atoms with Gasteiger partial charge in [0.25, 0.3) is 5.91 Å². The van der Waals surface area contributed by atoms with Crippen molar-refractivity contribution in [3.63, 3.8) is 0 Å². The lowest BCUT2D eigenvalue weighted by Gasteiger charge is -2.29. The number of pyridine rings is 1. The van der Waals surface area contributed by atoms with Crippen LogP contribution in [-0.4, -0.2) is 28.3 Å². The third kappa shape index (κ3) is 2.61. The summed E-state index contributed by atoms with van der Waals surface area (Å²) in [5, 5.41) is 5.94. The van der Waals surface area contributed by atoms with E-state index in [1.807, 2.05) is 0 Å². The number of nitrogens with one attached hydrogen (secondary N) is 3. The van der Waals surface area contributed by atoms with E-state index in [0.29, 0.717) is 22.8 Å². The second kappa shape index (κ2) is 5.71. The highest BCUT2D eigenvalue weighted by atomic mass is 79.9. The quantitative estimate of drug-likeness (QED) is 0.531. The van der Waals surface area contributed by atoms with Gasteiger partial charge in [-0.25, -0.2) is 10.5 Å². The van der Waals surface area contributed by atoms with E-state index in [1.165, 1.54) is 0 Å². The highest BCUT2D eigenvalue weighted by Gasteiger charge is 2.62. The van der Waals surface area contributed by atoms with Crippen molar-refractivity contribution in [2.45, 2.75) is 24.4 Å². The highest BCUT2D eigenvalue weighted by molar-refractivity contribution is 9.10. The van der Waals surface area contributed by atoms with E-state index in [9.17, 15) is 9.59 Å². The Balaban J connectivity index is 1.61. The van der Waals surface area contributed by atoms with E-state index in [4.69, 9.17) is 4.84 Å².